The summed E-state index contributed by atoms with van der Waals surface area (Å²) < 4.78 is 0. The van der Waals surface area contributed by atoms with E-state index in [2.05, 4.69) is 36.5 Å². The Morgan fingerprint density at radius 1 is 0.800 bits per heavy atom. The fourth-order valence-corrected chi connectivity index (χ4v) is 1.71. The van der Waals surface area contributed by atoms with Crippen LogP contribution >= 0.6 is 0 Å². The third-order valence-corrected chi connectivity index (χ3v) is 2.36. The standard InChI is InChI=1S/C10H12/c1-2-6-10-8-4-3-7-9(10)5-1/h1-6,9-10H,7-8H2/t9-,10+. The predicted molar refractivity (Wildman–Crippen MR) is 43.6 cm³/mol. The van der Waals surface area contributed by atoms with Gasteiger partial charge in [0.25, 0.3) is 0 Å². The lowest BCUT2D eigenvalue weighted by atomic mass is 9.81. The lowest BCUT2D eigenvalue weighted by molar-refractivity contribution is 0.460. The van der Waals surface area contributed by atoms with Crippen molar-refractivity contribution >= 4 is 0 Å². The molecule has 0 aliphatic heterocycles. The van der Waals surface area contributed by atoms with Gasteiger partial charge in [-0.1, -0.05) is 36.5 Å². The molecule has 0 fully saturated rings. The molecule has 0 unspecified atom stereocenters. The topological polar surface area (TPSA) is 0 Å². The normalized spacial score (nSPS) is 36.0. The molecule has 0 nitrogen and oxygen atoms in total. The number of hydrogen-bond donors (Lipinski definition) is 0. The highest BCUT2D eigenvalue weighted by Crippen LogP contribution is 2.29. The van der Waals surface area contributed by atoms with Crippen LogP contribution in [0.4, 0.5) is 0 Å². The van der Waals surface area contributed by atoms with Crippen LogP contribution in [-0.2, 0) is 0 Å². The Morgan fingerprint density at radius 2 is 1.30 bits per heavy atom. The second kappa shape index (κ2) is 2.45. The Hall–Kier alpha value is -0.780. The fourth-order valence-electron chi connectivity index (χ4n) is 1.71. The molecule has 0 bridgehead atoms. The van der Waals surface area contributed by atoms with Gasteiger partial charge in [0, 0.05) is 0 Å². The summed E-state index contributed by atoms with van der Waals surface area (Å²) in [6.07, 6.45) is 16.1. The van der Waals surface area contributed by atoms with Gasteiger partial charge in [0.2, 0.25) is 0 Å². The zero-order valence-electron chi connectivity index (χ0n) is 6.03. The summed E-state index contributed by atoms with van der Waals surface area (Å²) >= 11 is 0. The van der Waals surface area contributed by atoms with Crippen LogP contribution in [0.1, 0.15) is 12.8 Å². The van der Waals surface area contributed by atoms with Gasteiger partial charge >= 0.3 is 0 Å². The second-order valence-electron chi connectivity index (χ2n) is 3.04. The van der Waals surface area contributed by atoms with Crippen molar-refractivity contribution in [3.63, 3.8) is 0 Å². The van der Waals surface area contributed by atoms with E-state index in [1.54, 1.807) is 0 Å². The first-order chi connectivity index (χ1) is 4.97. The zero-order chi connectivity index (χ0) is 6.81. The lowest BCUT2D eigenvalue weighted by Crippen LogP contribution is -2.13. The molecule has 0 saturated carbocycles. The SMILES string of the molecule is C1=C[C@@H]2CC=CC[C@@H]2C=C1. The van der Waals surface area contributed by atoms with Crippen molar-refractivity contribution in [3.05, 3.63) is 36.5 Å². The number of fused-ring (bicyclic) bond motifs is 1. The van der Waals surface area contributed by atoms with E-state index in [1.165, 1.54) is 12.8 Å². The first-order valence-electron chi connectivity index (χ1n) is 3.97. The van der Waals surface area contributed by atoms with Gasteiger partial charge < -0.3 is 0 Å². The Morgan fingerprint density at radius 3 is 1.80 bits per heavy atom. The van der Waals surface area contributed by atoms with Gasteiger partial charge in [-0.25, -0.2) is 0 Å². The molecule has 0 heteroatoms. The third-order valence-electron chi connectivity index (χ3n) is 2.36. The minimum atomic E-state index is 0.801. The number of rotatable bonds is 0. The van der Waals surface area contributed by atoms with E-state index in [0.29, 0.717) is 0 Å². The summed E-state index contributed by atoms with van der Waals surface area (Å²) in [4.78, 5) is 0. The Kier molecular flexibility index (Phi) is 1.46. The average Bonchev–Trinajstić information content (AvgIpc) is 2.05. The van der Waals surface area contributed by atoms with Crippen molar-refractivity contribution in [2.24, 2.45) is 11.8 Å². The molecule has 0 aromatic carbocycles. The highest BCUT2D eigenvalue weighted by atomic mass is 14.2. The van der Waals surface area contributed by atoms with Crippen LogP contribution in [0.15, 0.2) is 36.5 Å². The van der Waals surface area contributed by atoms with Crippen LogP contribution in [0, 0.1) is 11.8 Å². The molecular weight excluding hydrogens is 120 g/mol. The first kappa shape index (κ1) is 5.96. The summed E-state index contributed by atoms with van der Waals surface area (Å²) in [5, 5.41) is 0. The smallest absolute Gasteiger partial charge is 0.0130 e. The van der Waals surface area contributed by atoms with Crippen molar-refractivity contribution in [3.8, 4) is 0 Å². The van der Waals surface area contributed by atoms with Crippen LogP contribution in [-0.4, -0.2) is 0 Å². The second-order valence-corrected chi connectivity index (χ2v) is 3.04. The molecule has 2 atom stereocenters. The minimum Gasteiger partial charge on any atom is -0.0879 e. The van der Waals surface area contributed by atoms with E-state index in [1.807, 2.05) is 0 Å². The largest absolute Gasteiger partial charge is 0.0879 e. The molecule has 10 heavy (non-hydrogen) atoms. The molecule has 0 aromatic rings. The van der Waals surface area contributed by atoms with Crippen LogP contribution < -0.4 is 0 Å². The summed E-state index contributed by atoms with van der Waals surface area (Å²) in [5.41, 5.74) is 0. The van der Waals surface area contributed by atoms with Gasteiger partial charge in [0.05, 0.1) is 0 Å². The van der Waals surface area contributed by atoms with Crippen molar-refractivity contribution in [1.82, 2.24) is 0 Å². The maximum absolute atomic E-state index is 2.33. The van der Waals surface area contributed by atoms with Crippen LogP contribution in [0.5, 0.6) is 0 Å². The van der Waals surface area contributed by atoms with Gasteiger partial charge in [0.15, 0.2) is 0 Å². The maximum Gasteiger partial charge on any atom is -0.0130 e. The van der Waals surface area contributed by atoms with Gasteiger partial charge in [-0.15, -0.1) is 0 Å². The molecule has 2 aliphatic carbocycles. The first-order valence-corrected chi connectivity index (χ1v) is 3.97. The maximum atomic E-state index is 2.33. The molecular formula is C10H12. The molecule has 0 radical (unpaired) electrons. The van der Waals surface area contributed by atoms with Gasteiger partial charge in [-0.05, 0) is 24.7 Å². The molecule has 0 heterocycles. The van der Waals surface area contributed by atoms with Gasteiger partial charge in [0.1, 0.15) is 0 Å². The van der Waals surface area contributed by atoms with Crippen LogP contribution in [0.3, 0.4) is 0 Å². The third kappa shape index (κ3) is 0.942. The summed E-state index contributed by atoms with van der Waals surface area (Å²) in [7, 11) is 0. The zero-order valence-corrected chi connectivity index (χ0v) is 6.03. The van der Waals surface area contributed by atoms with Crippen molar-refractivity contribution in [1.29, 1.82) is 0 Å². The van der Waals surface area contributed by atoms with Crippen LogP contribution in [0.25, 0.3) is 0 Å². The fraction of sp³-hybridized carbons (Fsp3) is 0.400. The Bertz CT molecular complexity index is 174. The summed E-state index contributed by atoms with van der Waals surface area (Å²) in [6, 6.07) is 0. The molecule has 0 amide bonds. The van der Waals surface area contributed by atoms with Crippen LogP contribution in [0.2, 0.25) is 0 Å². The Labute approximate surface area is 61.9 Å². The molecule has 2 rings (SSSR count). The van der Waals surface area contributed by atoms with E-state index in [4.69, 9.17) is 0 Å². The van der Waals surface area contributed by atoms with E-state index in [0.717, 1.165) is 11.8 Å². The Balaban J connectivity index is 2.19. The summed E-state index contributed by atoms with van der Waals surface area (Å²) in [5.74, 6) is 1.60. The van der Waals surface area contributed by atoms with Gasteiger partial charge in [-0.3, -0.25) is 0 Å². The molecule has 52 valence electrons. The molecule has 0 N–H and O–H groups in total. The quantitative estimate of drug-likeness (QED) is 0.444. The molecule has 2 aliphatic rings. The van der Waals surface area contributed by atoms with Crippen molar-refractivity contribution in [2.75, 3.05) is 0 Å². The summed E-state index contributed by atoms with van der Waals surface area (Å²) in [6.45, 7) is 0. The molecule has 0 spiro atoms. The molecule has 0 saturated heterocycles. The highest BCUT2D eigenvalue weighted by Gasteiger charge is 2.18. The van der Waals surface area contributed by atoms with Crippen molar-refractivity contribution < 1.29 is 0 Å². The predicted octanol–water partition coefficient (Wildman–Crippen LogP) is 2.69. The van der Waals surface area contributed by atoms with Gasteiger partial charge in [-0.2, -0.15) is 0 Å². The highest BCUT2D eigenvalue weighted by molar-refractivity contribution is 5.18. The minimum absolute atomic E-state index is 0.801. The number of hydrogen-bond acceptors (Lipinski definition) is 0. The number of allylic oxidation sites excluding steroid dienone is 6. The van der Waals surface area contributed by atoms with E-state index in [-0.39, 0.29) is 0 Å². The monoisotopic (exact) mass is 132 g/mol. The van der Waals surface area contributed by atoms with E-state index >= 15 is 0 Å². The lowest BCUT2D eigenvalue weighted by Gasteiger charge is -2.24. The van der Waals surface area contributed by atoms with E-state index < -0.39 is 0 Å². The van der Waals surface area contributed by atoms with Crippen molar-refractivity contribution in [2.45, 2.75) is 12.8 Å². The average molecular weight is 132 g/mol. The molecule has 0 aromatic heterocycles. The van der Waals surface area contributed by atoms with E-state index in [9.17, 15) is 0 Å².